The lowest BCUT2D eigenvalue weighted by atomic mass is 10.3. The third kappa shape index (κ3) is 2.28. The molecule has 2 aromatic rings. The smallest absolute Gasteiger partial charge is 0.195 e. The quantitative estimate of drug-likeness (QED) is 0.839. The summed E-state index contributed by atoms with van der Waals surface area (Å²) in [5.74, 6) is 2.26. The average Bonchev–Trinajstić information content (AvgIpc) is 3.18. The Bertz CT molecular complexity index is 522. The van der Waals surface area contributed by atoms with Gasteiger partial charge in [0.2, 0.25) is 0 Å². The SMILES string of the molecule is OCCSc1nnc(C2CC2)n1-c1ccccc1. The van der Waals surface area contributed by atoms with Crippen molar-refractivity contribution in [3.05, 3.63) is 36.2 Å². The molecule has 5 heteroatoms. The highest BCUT2D eigenvalue weighted by Crippen LogP contribution is 2.41. The van der Waals surface area contributed by atoms with Crippen molar-refractivity contribution >= 4 is 11.8 Å². The van der Waals surface area contributed by atoms with Gasteiger partial charge in [0.15, 0.2) is 5.16 Å². The second-order valence-corrected chi connectivity index (χ2v) is 5.42. The zero-order valence-electron chi connectivity index (χ0n) is 9.99. The maximum Gasteiger partial charge on any atom is 0.195 e. The molecule has 1 saturated carbocycles. The molecular formula is C13H15N3OS. The third-order valence-corrected chi connectivity index (χ3v) is 3.85. The molecule has 0 radical (unpaired) electrons. The predicted molar refractivity (Wildman–Crippen MR) is 71.1 cm³/mol. The number of hydrogen-bond donors (Lipinski definition) is 1. The maximum absolute atomic E-state index is 8.94. The Labute approximate surface area is 110 Å². The molecule has 3 rings (SSSR count). The van der Waals surface area contributed by atoms with E-state index in [-0.39, 0.29) is 6.61 Å². The molecular weight excluding hydrogens is 246 g/mol. The first-order chi connectivity index (χ1) is 8.90. The molecule has 0 amide bonds. The van der Waals surface area contributed by atoms with Gasteiger partial charge in [0, 0.05) is 17.4 Å². The van der Waals surface area contributed by atoms with E-state index in [0.29, 0.717) is 11.7 Å². The molecule has 94 valence electrons. The lowest BCUT2D eigenvalue weighted by Crippen LogP contribution is -2.02. The minimum atomic E-state index is 0.158. The zero-order valence-corrected chi connectivity index (χ0v) is 10.8. The number of aliphatic hydroxyl groups is 1. The van der Waals surface area contributed by atoms with Gasteiger partial charge in [-0.25, -0.2) is 0 Å². The molecule has 4 nitrogen and oxygen atoms in total. The normalized spacial score (nSPS) is 14.9. The van der Waals surface area contributed by atoms with Crippen molar-refractivity contribution in [1.29, 1.82) is 0 Å². The van der Waals surface area contributed by atoms with Crippen molar-refractivity contribution < 1.29 is 5.11 Å². The minimum absolute atomic E-state index is 0.158. The molecule has 1 N–H and O–H groups in total. The van der Waals surface area contributed by atoms with Crippen LogP contribution in [0.1, 0.15) is 24.6 Å². The van der Waals surface area contributed by atoms with Crippen molar-refractivity contribution in [2.75, 3.05) is 12.4 Å². The molecule has 0 aliphatic heterocycles. The second kappa shape index (κ2) is 5.12. The van der Waals surface area contributed by atoms with Gasteiger partial charge >= 0.3 is 0 Å². The summed E-state index contributed by atoms with van der Waals surface area (Å²) in [6, 6.07) is 10.2. The van der Waals surface area contributed by atoms with Crippen LogP contribution in [0.25, 0.3) is 5.69 Å². The first-order valence-corrected chi connectivity index (χ1v) is 7.13. The molecule has 0 saturated heterocycles. The lowest BCUT2D eigenvalue weighted by Gasteiger charge is -2.09. The van der Waals surface area contributed by atoms with Crippen LogP contribution in [0.3, 0.4) is 0 Å². The van der Waals surface area contributed by atoms with E-state index in [0.717, 1.165) is 16.7 Å². The van der Waals surface area contributed by atoms with Crippen LogP contribution in [0.5, 0.6) is 0 Å². The van der Waals surface area contributed by atoms with Crippen LogP contribution in [0.2, 0.25) is 0 Å². The van der Waals surface area contributed by atoms with Gasteiger partial charge in [-0.3, -0.25) is 4.57 Å². The Hall–Kier alpha value is -1.33. The Balaban J connectivity index is 2.00. The van der Waals surface area contributed by atoms with E-state index in [1.165, 1.54) is 12.8 Å². The van der Waals surface area contributed by atoms with E-state index < -0.39 is 0 Å². The zero-order chi connectivity index (χ0) is 12.4. The summed E-state index contributed by atoms with van der Waals surface area (Å²) < 4.78 is 2.12. The van der Waals surface area contributed by atoms with Crippen LogP contribution >= 0.6 is 11.8 Å². The van der Waals surface area contributed by atoms with Gasteiger partial charge in [-0.15, -0.1) is 10.2 Å². The van der Waals surface area contributed by atoms with E-state index in [9.17, 15) is 0 Å². The Morgan fingerprint density at radius 2 is 2.00 bits per heavy atom. The predicted octanol–water partition coefficient (Wildman–Crippen LogP) is 2.23. The first kappa shape index (κ1) is 11.7. The number of aromatic nitrogens is 3. The van der Waals surface area contributed by atoms with Crippen LogP contribution in [0, 0.1) is 0 Å². The Morgan fingerprint density at radius 1 is 1.22 bits per heavy atom. The highest BCUT2D eigenvalue weighted by Gasteiger charge is 2.30. The third-order valence-electron chi connectivity index (χ3n) is 2.94. The van der Waals surface area contributed by atoms with E-state index in [1.807, 2.05) is 18.2 Å². The summed E-state index contributed by atoms with van der Waals surface area (Å²) in [5.41, 5.74) is 1.10. The topological polar surface area (TPSA) is 50.9 Å². The lowest BCUT2D eigenvalue weighted by molar-refractivity contribution is 0.322. The Morgan fingerprint density at radius 3 is 2.67 bits per heavy atom. The Kier molecular flexibility index (Phi) is 3.34. The highest BCUT2D eigenvalue weighted by atomic mass is 32.2. The number of benzene rings is 1. The van der Waals surface area contributed by atoms with E-state index in [1.54, 1.807) is 11.8 Å². The molecule has 1 aliphatic carbocycles. The van der Waals surface area contributed by atoms with E-state index >= 15 is 0 Å². The molecule has 1 aliphatic rings. The fraction of sp³-hybridized carbons (Fsp3) is 0.385. The second-order valence-electron chi connectivity index (χ2n) is 4.36. The highest BCUT2D eigenvalue weighted by molar-refractivity contribution is 7.99. The van der Waals surface area contributed by atoms with Crippen LogP contribution < -0.4 is 0 Å². The van der Waals surface area contributed by atoms with E-state index in [4.69, 9.17) is 5.11 Å². The molecule has 1 fully saturated rings. The monoisotopic (exact) mass is 261 g/mol. The summed E-state index contributed by atoms with van der Waals surface area (Å²) in [6.45, 7) is 0.158. The van der Waals surface area contributed by atoms with Crippen LogP contribution in [0.4, 0.5) is 0 Å². The van der Waals surface area contributed by atoms with Crippen molar-refractivity contribution in [2.24, 2.45) is 0 Å². The maximum atomic E-state index is 8.94. The van der Waals surface area contributed by atoms with Gasteiger partial charge in [-0.2, -0.15) is 0 Å². The largest absolute Gasteiger partial charge is 0.396 e. The van der Waals surface area contributed by atoms with Crippen molar-refractivity contribution in [3.63, 3.8) is 0 Å². The van der Waals surface area contributed by atoms with Crippen molar-refractivity contribution in [2.45, 2.75) is 23.9 Å². The van der Waals surface area contributed by atoms with Crippen molar-refractivity contribution in [1.82, 2.24) is 14.8 Å². The summed E-state index contributed by atoms with van der Waals surface area (Å²) in [7, 11) is 0. The molecule has 1 aromatic carbocycles. The van der Waals surface area contributed by atoms with Gasteiger partial charge in [0.05, 0.1) is 6.61 Å². The average molecular weight is 261 g/mol. The molecule has 0 bridgehead atoms. The number of hydrogen-bond acceptors (Lipinski definition) is 4. The van der Waals surface area contributed by atoms with Crippen LogP contribution in [-0.4, -0.2) is 32.2 Å². The van der Waals surface area contributed by atoms with Crippen LogP contribution in [0.15, 0.2) is 35.5 Å². The van der Waals surface area contributed by atoms with Gasteiger partial charge in [-0.05, 0) is 25.0 Å². The number of nitrogens with zero attached hydrogens (tertiary/aromatic N) is 3. The van der Waals surface area contributed by atoms with Gasteiger partial charge in [-0.1, -0.05) is 30.0 Å². The molecule has 0 spiro atoms. The molecule has 1 aromatic heterocycles. The number of thioether (sulfide) groups is 1. The van der Waals surface area contributed by atoms with Gasteiger partial charge in [0.25, 0.3) is 0 Å². The fourth-order valence-electron chi connectivity index (χ4n) is 1.94. The minimum Gasteiger partial charge on any atom is -0.396 e. The summed E-state index contributed by atoms with van der Waals surface area (Å²) >= 11 is 1.55. The fourth-order valence-corrected chi connectivity index (χ4v) is 2.64. The first-order valence-electron chi connectivity index (χ1n) is 6.14. The van der Waals surface area contributed by atoms with Gasteiger partial charge < -0.3 is 5.11 Å². The molecule has 18 heavy (non-hydrogen) atoms. The molecule has 0 atom stereocenters. The summed E-state index contributed by atoms with van der Waals surface area (Å²) in [6.07, 6.45) is 2.41. The van der Waals surface area contributed by atoms with Crippen molar-refractivity contribution in [3.8, 4) is 5.69 Å². The van der Waals surface area contributed by atoms with Gasteiger partial charge in [0.1, 0.15) is 5.82 Å². The summed E-state index contributed by atoms with van der Waals surface area (Å²) in [5, 5.41) is 18.4. The number of rotatable bonds is 5. The number of aliphatic hydroxyl groups excluding tert-OH is 1. The summed E-state index contributed by atoms with van der Waals surface area (Å²) in [4.78, 5) is 0. The molecule has 0 unspecified atom stereocenters. The molecule has 1 heterocycles. The number of para-hydroxylation sites is 1. The standard InChI is InChI=1S/C13H15N3OS/c17-8-9-18-13-15-14-12(10-6-7-10)16(13)11-4-2-1-3-5-11/h1-5,10,17H,6-9H2. The van der Waals surface area contributed by atoms with E-state index in [2.05, 4.69) is 26.9 Å². The van der Waals surface area contributed by atoms with Crippen LogP contribution in [-0.2, 0) is 0 Å².